The van der Waals surface area contributed by atoms with Crippen LogP contribution in [0, 0.1) is 0 Å². The molecule has 3 aliphatic rings. The zero-order chi connectivity index (χ0) is 41.9. The average Bonchev–Trinajstić information content (AvgIpc) is 3.88. The maximum Gasteiger partial charge on any atom is 0.169 e. The number of nitrogens with one attached hydrogen (secondary N) is 1. The number of rotatable bonds is 4. The molecule has 3 aliphatic heterocycles. The summed E-state index contributed by atoms with van der Waals surface area (Å²) in [5, 5.41) is 8.38. The zero-order valence-electron chi connectivity index (χ0n) is 34.5. The highest BCUT2D eigenvalue weighted by molar-refractivity contribution is 6.16. The van der Waals surface area contributed by atoms with Gasteiger partial charge in [-0.05, 0) is 53.6 Å². The van der Waals surface area contributed by atoms with E-state index >= 15 is 0 Å². The lowest BCUT2D eigenvalue weighted by Gasteiger charge is -2.45. The van der Waals surface area contributed by atoms with E-state index in [1.54, 1.807) is 0 Å². The molecule has 1 unspecified atom stereocenters. The van der Waals surface area contributed by atoms with Crippen molar-refractivity contribution >= 4 is 55.3 Å². The van der Waals surface area contributed by atoms with Crippen molar-refractivity contribution in [3.05, 3.63) is 251 Å². The summed E-state index contributed by atoms with van der Waals surface area (Å²) in [6.45, 7) is 0. The third-order valence-electron chi connectivity index (χ3n) is 13.6. The maximum absolute atomic E-state index is 7.12. The van der Waals surface area contributed by atoms with Crippen molar-refractivity contribution in [3.63, 3.8) is 0 Å². The molecule has 1 atom stereocenters. The number of hydrogen-bond acceptors (Lipinski definition) is 4. The van der Waals surface area contributed by atoms with Crippen LogP contribution in [0.2, 0.25) is 0 Å². The Morgan fingerprint density at radius 1 is 0.422 bits per heavy atom. The SMILES string of the molecule is c1ccc(C2=NC(c3cccc(-n4c5ccccc5c5cc6c(cc54)Oc4ccccc4C64c5ccccc5-n5c6ccccc6c6cccc4c65)c3)N=C(c3ccccc3)N2)cc1. The second-order valence-corrected chi connectivity index (χ2v) is 16.9. The Morgan fingerprint density at radius 2 is 1.02 bits per heavy atom. The van der Waals surface area contributed by atoms with E-state index in [2.05, 4.69) is 190 Å². The molecule has 2 aromatic heterocycles. The molecule has 0 aliphatic carbocycles. The summed E-state index contributed by atoms with van der Waals surface area (Å²) in [5.41, 5.74) is 13.9. The minimum atomic E-state index is -0.667. The normalized spacial score (nSPS) is 16.2. The van der Waals surface area contributed by atoms with E-state index in [-0.39, 0.29) is 0 Å². The van der Waals surface area contributed by atoms with E-state index in [4.69, 9.17) is 14.7 Å². The molecule has 6 nitrogen and oxygen atoms in total. The molecule has 11 aromatic rings. The summed E-state index contributed by atoms with van der Waals surface area (Å²) in [7, 11) is 0. The maximum atomic E-state index is 7.12. The second-order valence-electron chi connectivity index (χ2n) is 16.9. The number of aliphatic imine (C=N–C) groups is 2. The Bertz CT molecular complexity index is 3750. The molecule has 1 N–H and O–H groups in total. The number of nitrogens with zero attached hydrogens (tertiary/aromatic N) is 4. The number of benzene rings is 9. The topological polar surface area (TPSA) is 55.8 Å². The Morgan fingerprint density at radius 3 is 1.78 bits per heavy atom. The highest BCUT2D eigenvalue weighted by Crippen LogP contribution is 2.61. The smallest absolute Gasteiger partial charge is 0.169 e. The minimum Gasteiger partial charge on any atom is -0.457 e. The van der Waals surface area contributed by atoms with Crippen molar-refractivity contribution in [3.8, 4) is 22.9 Å². The molecule has 300 valence electrons. The number of para-hydroxylation sites is 5. The number of ether oxygens (including phenoxy) is 1. The van der Waals surface area contributed by atoms with Gasteiger partial charge in [0.2, 0.25) is 0 Å². The van der Waals surface area contributed by atoms with Gasteiger partial charge < -0.3 is 19.2 Å². The lowest BCUT2D eigenvalue weighted by molar-refractivity contribution is 0.434. The first kappa shape index (κ1) is 35.2. The van der Waals surface area contributed by atoms with Crippen molar-refractivity contribution < 1.29 is 4.74 Å². The first-order chi connectivity index (χ1) is 31.7. The van der Waals surface area contributed by atoms with Gasteiger partial charge in [0.15, 0.2) is 6.17 Å². The fraction of sp³-hybridized carbons (Fsp3) is 0.0345. The van der Waals surface area contributed by atoms with Crippen molar-refractivity contribution in [2.45, 2.75) is 11.6 Å². The molecule has 9 aromatic carbocycles. The van der Waals surface area contributed by atoms with E-state index in [0.717, 1.165) is 73.1 Å². The molecular formula is C58H37N5O. The van der Waals surface area contributed by atoms with Crippen LogP contribution in [0.5, 0.6) is 11.5 Å². The first-order valence-corrected chi connectivity index (χ1v) is 21.9. The number of fused-ring (bicyclic) bond motifs is 14. The van der Waals surface area contributed by atoms with Crippen molar-refractivity contribution in [1.82, 2.24) is 14.5 Å². The summed E-state index contributed by atoms with van der Waals surface area (Å²) in [6, 6.07) is 76.0. The van der Waals surface area contributed by atoms with E-state index in [1.807, 2.05) is 36.4 Å². The fourth-order valence-electron chi connectivity index (χ4n) is 11.0. The zero-order valence-corrected chi connectivity index (χ0v) is 34.5. The van der Waals surface area contributed by atoms with Crippen LogP contribution in [0.1, 0.15) is 45.1 Å². The molecule has 64 heavy (non-hydrogen) atoms. The Hall–Kier alpha value is -8.48. The van der Waals surface area contributed by atoms with Gasteiger partial charge in [-0.3, -0.25) is 0 Å². The summed E-state index contributed by atoms with van der Waals surface area (Å²) in [6.07, 6.45) is -0.461. The van der Waals surface area contributed by atoms with Gasteiger partial charge >= 0.3 is 0 Å². The third kappa shape index (κ3) is 4.79. The molecule has 0 bridgehead atoms. The van der Waals surface area contributed by atoms with Gasteiger partial charge in [0.25, 0.3) is 0 Å². The molecule has 5 heterocycles. The van der Waals surface area contributed by atoms with Gasteiger partial charge in [0, 0.05) is 61.1 Å². The van der Waals surface area contributed by atoms with Crippen LogP contribution < -0.4 is 10.1 Å². The minimum absolute atomic E-state index is 0.461. The summed E-state index contributed by atoms with van der Waals surface area (Å²) in [5.74, 6) is 3.29. The van der Waals surface area contributed by atoms with E-state index in [0.29, 0.717) is 0 Å². The summed E-state index contributed by atoms with van der Waals surface area (Å²) in [4.78, 5) is 10.4. The third-order valence-corrected chi connectivity index (χ3v) is 13.6. The van der Waals surface area contributed by atoms with Gasteiger partial charge in [-0.2, -0.15) is 0 Å². The Labute approximate surface area is 368 Å². The van der Waals surface area contributed by atoms with Crippen LogP contribution in [-0.2, 0) is 5.41 Å². The fourth-order valence-corrected chi connectivity index (χ4v) is 11.0. The van der Waals surface area contributed by atoms with E-state index < -0.39 is 11.6 Å². The molecule has 0 fully saturated rings. The standard InChI is InChI=1S/C58H37N5O/c1-3-17-36(18-4-1)55-59-56(37-19-5-2-6-20-37)61-57(60-55)38-21-15-22-39(33-38)62-48-29-11-8-24-41(48)43-34-47-53(35-51(43)62)64-52-32-14-10-27-45(52)58(47)44-26-9-13-31-50(44)63-49-30-12-7-23-40(49)42-25-16-28-46(58)54(42)63/h1-35,57H,(H,59,60,61). The second kappa shape index (κ2) is 13.3. The van der Waals surface area contributed by atoms with Crippen LogP contribution in [-0.4, -0.2) is 20.8 Å². The molecular weight excluding hydrogens is 783 g/mol. The van der Waals surface area contributed by atoms with E-state index in [9.17, 15) is 0 Å². The summed E-state index contributed by atoms with van der Waals surface area (Å²) >= 11 is 0. The number of amidine groups is 2. The number of hydrogen-bond donors (Lipinski definition) is 1. The summed E-state index contributed by atoms with van der Waals surface area (Å²) < 4.78 is 12.0. The Balaban J connectivity index is 1.02. The van der Waals surface area contributed by atoms with Crippen molar-refractivity contribution in [1.29, 1.82) is 0 Å². The monoisotopic (exact) mass is 819 g/mol. The predicted molar refractivity (Wildman–Crippen MR) is 259 cm³/mol. The first-order valence-electron chi connectivity index (χ1n) is 21.9. The van der Waals surface area contributed by atoms with Crippen LogP contribution in [0.15, 0.2) is 222 Å². The lowest BCUT2D eigenvalue weighted by atomic mass is 9.61. The van der Waals surface area contributed by atoms with Gasteiger partial charge in [-0.25, -0.2) is 9.98 Å². The molecule has 14 rings (SSSR count). The molecule has 0 saturated carbocycles. The molecule has 1 spiro atoms. The van der Waals surface area contributed by atoms with Crippen LogP contribution >= 0.6 is 0 Å². The molecule has 0 saturated heterocycles. The van der Waals surface area contributed by atoms with Crippen molar-refractivity contribution in [2.75, 3.05) is 0 Å². The average molecular weight is 820 g/mol. The van der Waals surface area contributed by atoms with Gasteiger partial charge in [-0.1, -0.05) is 164 Å². The highest BCUT2D eigenvalue weighted by atomic mass is 16.5. The molecule has 0 radical (unpaired) electrons. The van der Waals surface area contributed by atoms with Gasteiger partial charge in [0.1, 0.15) is 23.2 Å². The quantitative estimate of drug-likeness (QED) is 0.192. The van der Waals surface area contributed by atoms with Crippen LogP contribution in [0.4, 0.5) is 0 Å². The van der Waals surface area contributed by atoms with Gasteiger partial charge in [-0.15, -0.1) is 0 Å². The largest absolute Gasteiger partial charge is 0.457 e. The lowest BCUT2D eigenvalue weighted by Crippen LogP contribution is -2.37. The van der Waals surface area contributed by atoms with Crippen LogP contribution in [0.25, 0.3) is 55.0 Å². The van der Waals surface area contributed by atoms with E-state index in [1.165, 1.54) is 44.0 Å². The number of aromatic nitrogens is 2. The predicted octanol–water partition coefficient (Wildman–Crippen LogP) is 13.2. The van der Waals surface area contributed by atoms with Crippen LogP contribution in [0.3, 0.4) is 0 Å². The Kier molecular flexibility index (Phi) is 7.28. The molecule has 6 heteroatoms. The highest BCUT2D eigenvalue weighted by Gasteiger charge is 2.50. The molecule has 0 amide bonds. The van der Waals surface area contributed by atoms with Gasteiger partial charge in [0.05, 0.1) is 33.2 Å². The van der Waals surface area contributed by atoms with Crippen molar-refractivity contribution in [2.24, 2.45) is 9.98 Å².